The molecule has 0 bridgehead atoms. The van der Waals surface area contributed by atoms with Crippen LogP contribution in [0.15, 0.2) is 0 Å². The van der Waals surface area contributed by atoms with Crippen molar-refractivity contribution in [3.05, 3.63) is 0 Å². The average Bonchev–Trinajstić information content (AvgIpc) is 3.02. The Bertz CT molecular complexity index is 598. The van der Waals surface area contributed by atoms with Gasteiger partial charge in [0, 0.05) is 0 Å². The summed E-state index contributed by atoms with van der Waals surface area (Å²) in [6.07, 6.45) is -0.00591. The van der Waals surface area contributed by atoms with E-state index in [9.17, 15) is 9.59 Å². The highest BCUT2D eigenvalue weighted by Gasteiger charge is 2.00. The largest absolute Gasteiger partial charge is 0.481 e. The van der Waals surface area contributed by atoms with Gasteiger partial charge in [0.1, 0.15) is 6.61 Å². The maximum absolute atomic E-state index is 10.8. The Labute approximate surface area is 260 Å². The van der Waals surface area contributed by atoms with Crippen molar-refractivity contribution in [3.63, 3.8) is 0 Å². The number of rotatable bonds is 38. The van der Waals surface area contributed by atoms with Crippen molar-refractivity contribution in [2.24, 2.45) is 0 Å². The lowest BCUT2D eigenvalue weighted by Gasteiger charge is -2.09. The molecule has 0 radical (unpaired) electrons. The van der Waals surface area contributed by atoms with E-state index in [1.54, 1.807) is 0 Å². The van der Waals surface area contributed by atoms with Crippen molar-refractivity contribution in [3.8, 4) is 0 Å². The molecule has 262 valence electrons. The van der Waals surface area contributed by atoms with Crippen molar-refractivity contribution >= 4 is 11.9 Å². The Hall–Kier alpha value is -1.54. The molecule has 1 N–H and O–H groups in total. The van der Waals surface area contributed by atoms with E-state index in [1.807, 2.05) is 0 Å². The van der Waals surface area contributed by atoms with E-state index >= 15 is 0 Å². The van der Waals surface area contributed by atoms with Gasteiger partial charge in [0.2, 0.25) is 0 Å². The minimum absolute atomic E-state index is 0.00591. The predicted octanol–water partition coefficient (Wildman–Crippen LogP) is -0.167. The summed E-state index contributed by atoms with van der Waals surface area (Å²) in [6, 6.07) is 0. The molecule has 0 amide bonds. The van der Waals surface area contributed by atoms with Gasteiger partial charge < -0.3 is 66.7 Å². The molecule has 0 atom stereocenters. The molecule has 0 aromatic rings. The van der Waals surface area contributed by atoms with Crippen LogP contribution >= 0.6 is 0 Å². The summed E-state index contributed by atoms with van der Waals surface area (Å²) >= 11 is 0. The zero-order valence-electron chi connectivity index (χ0n) is 26.2. The van der Waals surface area contributed by atoms with Crippen LogP contribution in [0.2, 0.25) is 0 Å². The van der Waals surface area contributed by atoms with Crippen molar-refractivity contribution in [2.45, 2.75) is 6.42 Å². The highest BCUT2D eigenvalue weighted by Crippen LogP contribution is 1.88. The van der Waals surface area contributed by atoms with Gasteiger partial charge >= 0.3 is 11.9 Å². The summed E-state index contributed by atoms with van der Waals surface area (Å²) in [6.45, 7) is 10.1. The van der Waals surface area contributed by atoms with Gasteiger partial charge in [0.05, 0.1) is 165 Å². The number of esters is 1. The van der Waals surface area contributed by atoms with Gasteiger partial charge in [0.25, 0.3) is 0 Å². The summed E-state index contributed by atoms with van der Waals surface area (Å²) in [7, 11) is 1.31. The Morgan fingerprint density at radius 2 is 0.568 bits per heavy atom. The first-order valence-electron chi connectivity index (χ1n) is 14.9. The lowest BCUT2D eigenvalue weighted by molar-refractivity contribution is -0.146. The lowest BCUT2D eigenvalue weighted by atomic mass is 10.5. The zero-order valence-corrected chi connectivity index (χ0v) is 26.2. The Morgan fingerprint density at radius 1 is 0.364 bits per heavy atom. The molecule has 0 aliphatic rings. The average molecular weight is 647 g/mol. The molecule has 0 saturated heterocycles. The van der Waals surface area contributed by atoms with Crippen LogP contribution in [0.3, 0.4) is 0 Å². The monoisotopic (exact) mass is 646 g/mol. The lowest BCUT2D eigenvalue weighted by Crippen LogP contribution is -2.16. The second-order valence-electron chi connectivity index (χ2n) is 8.51. The third kappa shape index (κ3) is 38.5. The van der Waals surface area contributed by atoms with E-state index in [-0.39, 0.29) is 19.6 Å². The Kier molecular flexibility index (Phi) is 36.3. The molecule has 0 aliphatic carbocycles. The second kappa shape index (κ2) is 37.6. The van der Waals surface area contributed by atoms with Gasteiger partial charge in [-0.05, 0) is 0 Å². The summed E-state index contributed by atoms with van der Waals surface area (Å²) in [4.78, 5) is 21.2. The van der Waals surface area contributed by atoms with Crippen LogP contribution in [0.4, 0.5) is 0 Å². The van der Waals surface area contributed by atoms with Crippen molar-refractivity contribution in [1.29, 1.82) is 0 Å². The molecule has 0 aromatic carbocycles. The quantitative estimate of drug-likeness (QED) is 0.0691. The molecule has 0 aliphatic heterocycles. The molecule has 0 saturated carbocycles. The van der Waals surface area contributed by atoms with Gasteiger partial charge in [0.15, 0.2) is 0 Å². The molecule has 0 aromatic heterocycles. The van der Waals surface area contributed by atoms with Crippen LogP contribution in [-0.2, 0) is 71.2 Å². The molecule has 0 fully saturated rings. The third-order valence-electron chi connectivity index (χ3n) is 5.00. The summed E-state index contributed by atoms with van der Waals surface area (Å²) in [5.41, 5.74) is 0. The fourth-order valence-electron chi connectivity index (χ4n) is 2.79. The number of hydrogen-bond donors (Lipinski definition) is 1. The van der Waals surface area contributed by atoms with Crippen molar-refractivity contribution in [1.82, 2.24) is 0 Å². The van der Waals surface area contributed by atoms with Gasteiger partial charge in [-0.25, -0.2) is 4.79 Å². The standard InChI is InChI=1S/C28H54O16/c1-32-28(31)26-44-25-24-43-23-22-42-21-20-41-19-18-40-17-16-39-15-14-38-13-12-37-11-10-36-9-8-35-7-6-34-5-4-33-3-2-27(29)30/h2-26H2,1H3,(H,29,30). The molecule has 16 heteroatoms. The predicted molar refractivity (Wildman–Crippen MR) is 154 cm³/mol. The van der Waals surface area contributed by atoms with Gasteiger partial charge in [-0.15, -0.1) is 0 Å². The molecular weight excluding hydrogens is 592 g/mol. The van der Waals surface area contributed by atoms with Crippen LogP contribution in [-0.4, -0.2) is 183 Å². The first-order valence-corrected chi connectivity index (χ1v) is 14.9. The zero-order chi connectivity index (χ0) is 32.0. The first kappa shape index (κ1) is 42.5. The number of methoxy groups -OCH3 is 1. The molecule has 44 heavy (non-hydrogen) atoms. The van der Waals surface area contributed by atoms with Crippen molar-refractivity contribution < 1.29 is 76.3 Å². The summed E-state index contributed by atoms with van der Waals surface area (Å²) in [5, 5.41) is 8.48. The number of ether oxygens (including phenoxy) is 13. The maximum atomic E-state index is 10.8. The van der Waals surface area contributed by atoms with E-state index < -0.39 is 11.9 Å². The van der Waals surface area contributed by atoms with Crippen molar-refractivity contribution in [2.75, 3.05) is 166 Å². The smallest absolute Gasteiger partial charge is 0.331 e. The van der Waals surface area contributed by atoms with E-state index in [1.165, 1.54) is 7.11 Å². The number of carboxylic acids is 1. The highest BCUT2D eigenvalue weighted by molar-refractivity contribution is 5.70. The van der Waals surface area contributed by atoms with E-state index in [0.29, 0.717) is 145 Å². The second-order valence-corrected chi connectivity index (χ2v) is 8.51. The summed E-state index contributed by atoms with van der Waals surface area (Å²) < 4.78 is 68.6. The third-order valence-corrected chi connectivity index (χ3v) is 5.00. The van der Waals surface area contributed by atoms with Gasteiger partial charge in [-0.3, -0.25) is 4.79 Å². The van der Waals surface area contributed by atoms with Gasteiger partial charge in [-0.2, -0.15) is 0 Å². The van der Waals surface area contributed by atoms with E-state index in [2.05, 4.69) is 4.74 Å². The van der Waals surface area contributed by atoms with Crippen LogP contribution in [0.25, 0.3) is 0 Å². The van der Waals surface area contributed by atoms with E-state index in [0.717, 1.165) is 0 Å². The SMILES string of the molecule is COC(=O)COCCOCCOCCOCCOCCOCCOCCOCCOCCOCCOCCOCCC(=O)O. The van der Waals surface area contributed by atoms with Crippen LogP contribution in [0, 0.1) is 0 Å². The first-order chi connectivity index (χ1) is 21.7. The molecule has 0 spiro atoms. The minimum Gasteiger partial charge on any atom is -0.481 e. The molecule has 16 nitrogen and oxygen atoms in total. The number of carbonyl (C=O) groups excluding carboxylic acids is 1. The topological polar surface area (TPSA) is 174 Å². The molecule has 0 unspecified atom stereocenters. The number of aliphatic carboxylic acids is 1. The van der Waals surface area contributed by atoms with E-state index in [4.69, 9.17) is 61.9 Å². The minimum atomic E-state index is -0.878. The maximum Gasteiger partial charge on any atom is 0.331 e. The van der Waals surface area contributed by atoms with Crippen LogP contribution in [0.5, 0.6) is 0 Å². The Balaban J connectivity index is 3.05. The Morgan fingerprint density at radius 3 is 0.773 bits per heavy atom. The highest BCUT2D eigenvalue weighted by atomic mass is 16.6. The number of carboxylic acid groups (broad SMARTS) is 1. The van der Waals surface area contributed by atoms with Crippen LogP contribution < -0.4 is 0 Å². The summed E-state index contributed by atoms with van der Waals surface area (Å²) in [5.74, 6) is -1.29. The number of carbonyl (C=O) groups is 2. The normalized spacial score (nSPS) is 11.3. The fourth-order valence-corrected chi connectivity index (χ4v) is 2.79. The molecular formula is C28H54O16. The van der Waals surface area contributed by atoms with Crippen LogP contribution in [0.1, 0.15) is 6.42 Å². The van der Waals surface area contributed by atoms with Gasteiger partial charge in [-0.1, -0.05) is 0 Å². The number of hydrogen-bond acceptors (Lipinski definition) is 15. The molecule has 0 rings (SSSR count). The fraction of sp³-hybridized carbons (Fsp3) is 0.929. The molecule has 0 heterocycles.